The summed E-state index contributed by atoms with van der Waals surface area (Å²) in [6, 6.07) is 13.5. The van der Waals surface area contributed by atoms with Gasteiger partial charge in [0.15, 0.2) is 0 Å². The molecule has 1 aromatic heterocycles. The number of benzene rings is 2. The van der Waals surface area contributed by atoms with Crippen molar-refractivity contribution in [3.05, 3.63) is 88.6 Å². The lowest BCUT2D eigenvalue weighted by molar-refractivity contribution is -0.123. The topological polar surface area (TPSA) is 88.9 Å². The molecule has 1 N–H and O–H groups in total. The van der Waals surface area contributed by atoms with Crippen LogP contribution >= 0.6 is 0 Å². The van der Waals surface area contributed by atoms with Crippen LogP contribution in [-0.2, 0) is 16.1 Å². The van der Waals surface area contributed by atoms with Crippen molar-refractivity contribution < 1.29 is 27.9 Å². The molecule has 0 aliphatic carbocycles. The van der Waals surface area contributed by atoms with Gasteiger partial charge < -0.3 is 14.5 Å². The average molecular weight is 434 g/mol. The van der Waals surface area contributed by atoms with Crippen LogP contribution in [-0.4, -0.2) is 29.9 Å². The fourth-order valence-electron chi connectivity index (χ4n) is 3.39. The van der Waals surface area contributed by atoms with Crippen LogP contribution in [0.2, 0.25) is 0 Å². The Morgan fingerprint density at radius 1 is 1.12 bits per heavy atom. The second kappa shape index (κ2) is 8.50. The smallest absolute Gasteiger partial charge is 0.337 e. The number of nitrogens with zero attached hydrogens (tertiary/aromatic N) is 1. The summed E-state index contributed by atoms with van der Waals surface area (Å²) >= 11 is 0. The molecule has 0 radical (unpaired) electrons. The first-order chi connectivity index (χ1) is 15.4. The molecule has 1 saturated heterocycles. The third-order valence-electron chi connectivity index (χ3n) is 5.04. The lowest BCUT2D eigenvalue weighted by atomic mass is 10.0. The highest BCUT2D eigenvalue weighted by Gasteiger charge is 2.33. The van der Waals surface area contributed by atoms with Gasteiger partial charge in [0.25, 0.3) is 5.91 Å². The van der Waals surface area contributed by atoms with Crippen molar-refractivity contribution >= 4 is 24.0 Å². The van der Waals surface area contributed by atoms with E-state index in [-0.39, 0.29) is 12.2 Å². The Kier molecular flexibility index (Phi) is 5.59. The van der Waals surface area contributed by atoms with Gasteiger partial charge in [0.1, 0.15) is 23.0 Å². The molecule has 2 aromatic carbocycles. The van der Waals surface area contributed by atoms with E-state index in [1.165, 1.54) is 37.5 Å². The van der Waals surface area contributed by atoms with Gasteiger partial charge in [-0.1, -0.05) is 18.2 Å². The van der Waals surface area contributed by atoms with E-state index in [4.69, 9.17) is 9.15 Å². The van der Waals surface area contributed by atoms with Gasteiger partial charge in [-0.25, -0.2) is 14.0 Å². The van der Waals surface area contributed by atoms with Gasteiger partial charge in [-0.05, 0) is 54.4 Å². The van der Waals surface area contributed by atoms with Crippen LogP contribution in [0.5, 0.6) is 0 Å². The van der Waals surface area contributed by atoms with Crippen molar-refractivity contribution in [3.8, 4) is 11.3 Å². The molecule has 0 bridgehead atoms. The number of halogens is 1. The SMILES string of the molecule is COC(=O)c1ccc(-c2ccc(C=C3NC(=O)N(Cc4ccc(F)cc4)C3=O)o2)c(C)c1. The molecule has 7 nitrogen and oxygen atoms in total. The summed E-state index contributed by atoms with van der Waals surface area (Å²) in [5, 5.41) is 2.53. The van der Waals surface area contributed by atoms with Gasteiger partial charge in [0.2, 0.25) is 0 Å². The molecule has 4 rings (SSSR count). The van der Waals surface area contributed by atoms with Crippen LogP contribution in [0, 0.1) is 12.7 Å². The van der Waals surface area contributed by atoms with Crippen molar-refractivity contribution in [3.63, 3.8) is 0 Å². The van der Waals surface area contributed by atoms with Crippen molar-refractivity contribution in [2.24, 2.45) is 0 Å². The molecule has 3 aromatic rings. The predicted molar refractivity (Wildman–Crippen MR) is 114 cm³/mol. The summed E-state index contributed by atoms with van der Waals surface area (Å²) in [7, 11) is 1.32. The third kappa shape index (κ3) is 4.15. The molecule has 0 atom stereocenters. The first-order valence-corrected chi connectivity index (χ1v) is 9.74. The molecule has 0 saturated carbocycles. The van der Waals surface area contributed by atoms with E-state index in [2.05, 4.69) is 5.32 Å². The van der Waals surface area contributed by atoms with Crippen molar-refractivity contribution in [1.82, 2.24) is 10.2 Å². The van der Waals surface area contributed by atoms with Crippen molar-refractivity contribution in [2.75, 3.05) is 7.11 Å². The first-order valence-electron chi connectivity index (χ1n) is 9.74. The number of imide groups is 1. The maximum Gasteiger partial charge on any atom is 0.337 e. The minimum absolute atomic E-state index is 0.0252. The molecule has 32 heavy (non-hydrogen) atoms. The number of hydrogen-bond donors (Lipinski definition) is 1. The lowest BCUT2D eigenvalue weighted by Crippen LogP contribution is -2.30. The average Bonchev–Trinajstić information content (AvgIpc) is 3.34. The Bertz CT molecular complexity index is 1240. The largest absolute Gasteiger partial charge is 0.465 e. The molecule has 1 aliphatic rings. The van der Waals surface area contributed by atoms with E-state index < -0.39 is 23.7 Å². The van der Waals surface area contributed by atoms with Gasteiger partial charge >= 0.3 is 12.0 Å². The fraction of sp³-hybridized carbons (Fsp3) is 0.125. The number of carbonyl (C=O) groups excluding carboxylic acids is 3. The summed E-state index contributed by atoms with van der Waals surface area (Å²) in [6.45, 7) is 1.87. The Morgan fingerprint density at radius 2 is 1.88 bits per heavy atom. The maximum atomic E-state index is 13.1. The Labute approximate surface area is 183 Å². The van der Waals surface area contributed by atoms with Crippen LogP contribution < -0.4 is 5.32 Å². The molecule has 1 aliphatic heterocycles. The molecular weight excluding hydrogens is 415 g/mol. The van der Waals surface area contributed by atoms with E-state index in [1.54, 1.807) is 30.3 Å². The number of aryl methyl sites for hydroxylation is 1. The Balaban J connectivity index is 1.53. The van der Waals surface area contributed by atoms with Crippen LogP contribution in [0.4, 0.5) is 9.18 Å². The molecule has 162 valence electrons. The summed E-state index contributed by atoms with van der Waals surface area (Å²) in [6.07, 6.45) is 1.45. The number of hydrogen-bond acceptors (Lipinski definition) is 5. The predicted octanol–water partition coefficient (Wildman–Crippen LogP) is 4.27. The van der Waals surface area contributed by atoms with Crippen LogP contribution in [0.1, 0.15) is 27.2 Å². The number of carbonyl (C=O) groups is 3. The van der Waals surface area contributed by atoms with Crippen molar-refractivity contribution in [1.29, 1.82) is 0 Å². The fourth-order valence-corrected chi connectivity index (χ4v) is 3.39. The standard InChI is InChI=1S/C24H19FN2O5/c1-14-11-16(23(29)31-2)5-9-19(14)21-10-8-18(32-21)12-20-22(28)27(24(30)26-20)13-15-3-6-17(25)7-4-15/h3-12H,13H2,1-2H3,(H,26,30). The molecule has 0 unspecified atom stereocenters. The quantitative estimate of drug-likeness (QED) is 0.368. The van der Waals surface area contributed by atoms with Gasteiger partial charge in [0.05, 0.1) is 19.2 Å². The molecular formula is C24H19FN2O5. The van der Waals surface area contributed by atoms with E-state index in [9.17, 15) is 18.8 Å². The van der Waals surface area contributed by atoms with Crippen LogP contribution in [0.25, 0.3) is 17.4 Å². The highest BCUT2D eigenvalue weighted by atomic mass is 19.1. The highest BCUT2D eigenvalue weighted by Crippen LogP contribution is 2.28. The second-order valence-corrected chi connectivity index (χ2v) is 7.23. The maximum absolute atomic E-state index is 13.1. The zero-order chi connectivity index (χ0) is 22.8. The number of urea groups is 1. The Hall–Kier alpha value is -4.20. The number of nitrogens with one attached hydrogen (secondary N) is 1. The molecule has 2 heterocycles. The number of rotatable bonds is 5. The second-order valence-electron chi connectivity index (χ2n) is 7.23. The summed E-state index contributed by atoms with van der Waals surface area (Å²) in [4.78, 5) is 37.6. The number of amides is 3. The van der Waals surface area contributed by atoms with Crippen molar-refractivity contribution in [2.45, 2.75) is 13.5 Å². The number of ether oxygens (including phenoxy) is 1. The third-order valence-corrected chi connectivity index (χ3v) is 5.04. The zero-order valence-corrected chi connectivity index (χ0v) is 17.3. The minimum Gasteiger partial charge on any atom is -0.465 e. The van der Waals surface area contributed by atoms with E-state index in [0.29, 0.717) is 22.6 Å². The number of methoxy groups -OCH3 is 1. The van der Waals surface area contributed by atoms with E-state index >= 15 is 0 Å². The number of esters is 1. The van der Waals surface area contributed by atoms with E-state index in [1.807, 2.05) is 6.92 Å². The monoisotopic (exact) mass is 434 g/mol. The molecule has 3 amide bonds. The van der Waals surface area contributed by atoms with Gasteiger partial charge in [-0.2, -0.15) is 0 Å². The summed E-state index contributed by atoms with van der Waals surface area (Å²) in [5.74, 6) is -0.397. The normalized spacial score (nSPS) is 14.7. The first kappa shape index (κ1) is 21.0. The zero-order valence-electron chi connectivity index (χ0n) is 17.3. The van der Waals surface area contributed by atoms with E-state index in [0.717, 1.165) is 16.0 Å². The number of furan rings is 1. The molecule has 0 spiro atoms. The van der Waals surface area contributed by atoms with Gasteiger partial charge in [-0.3, -0.25) is 9.69 Å². The van der Waals surface area contributed by atoms with Crippen LogP contribution in [0.15, 0.2) is 64.7 Å². The summed E-state index contributed by atoms with van der Waals surface area (Å²) < 4.78 is 23.6. The van der Waals surface area contributed by atoms with Gasteiger partial charge in [0, 0.05) is 11.6 Å². The van der Waals surface area contributed by atoms with Gasteiger partial charge in [-0.15, -0.1) is 0 Å². The Morgan fingerprint density at radius 3 is 2.56 bits per heavy atom. The lowest BCUT2D eigenvalue weighted by Gasteiger charge is -2.11. The van der Waals surface area contributed by atoms with Crippen LogP contribution in [0.3, 0.4) is 0 Å². The molecule has 1 fully saturated rings. The highest BCUT2D eigenvalue weighted by molar-refractivity contribution is 6.13. The summed E-state index contributed by atoms with van der Waals surface area (Å²) in [5.41, 5.74) is 2.74. The molecule has 8 heteroatoms. The minimum atomic E-state index is -0.563.